The van der Waals surface area contributed by atoms with Gasteiger partial charge >= 0.3 is 6.09 Å². The van der Waals surface area contributed by atoms with Crippen molar-refractivity contribution >= 4 is 12.0 Å². The summed E-state index contributed by atoms with van der Waals surface area (Å²) in [7, 11) is 3.05. The Kier molecular flexibility index (Phi) is 5.21. The Labute approximate surface area is 101 Å². The third-order valence-corrected chi connectivity index (χ3v) is 3.28. The van der Waals surface area contributed by atoms with Crippen molar-refractivity contribution in [2.75, 3.05) is 27.2 Å². The Balaban J connectivity index is 2.22. The summed E-state index contributed by atoms with van der Waals surface area (Å²) in [6.45, 7) is 1.16. The van der Waals surface area contributed by atoms with Crippen LogP contribution in [0.2, 0.25) is 0 Å². The van der Waals surface area contributed by atoms with E-state index >= 15 is 0 Å². The molecule has 0 aromatic rings. The molecule has 0 radical (unpaired) electrons. The minimum Gasteiger partial charge on any atom is -0.465 e. The molecule has 1 rings (SSSR count). The van der Waals surface area contributed by atoms with Crippen LogP contribution in [0.5, 0.6) is 0 Å². The fourth-order valence-electron chi connectivity index (χ4n) is 2.00. The molecule has 6 nitrogen and oxygen atoms in total. The number of rotatable bonds is 4. The van der Waals surface area contributed by atoms with E-state index < -0.39 is 6.09 Å². The first-order chi connectivity index (χ1) is 8.04. The third-order valence-electron chi connectivity index (χ3n) is 3.28. The molecule has 17 heavy (non-hydrogen) atoms. The Bertz CT molecular complexity index is 275. The maximum atomic E-state index is 11.5. The van der Waals surface area contributed by atoms with E-state index in [4.69, 9.17) is 9.94 Å². The molecule has 98 valence electrons. The van der Waals surface area contributed by atoms with Crippen LogP contribution in [0.1, 0.15) is 25.7 Å². The highest BCUT2D eigenvalue weighted by atomic mass is 16.7. The van der Waals surface area contributed by atoms with Crippen LogP contribution in [0.4, 0.5) is 4.79 Å². The van der Waals surface area contributed by atoms with Crippen molar-refractivity contribution in [1.82, 2.24) is 9.96 Å². The van der Waals surface area contributed by atoms with Crippen molar-refractivity contribution in [3.63, 3.8) is 0 Å². The number of hydrogen-bond donors (Lipinski definition) is 1. The molecule has 1 N–H and O–H groups in total. The zero-order valence-electron chi connectivity index (χ0n) is 10.4. The smallest absolute Gasteiger partial charge is 0.407 e. The van der Waals surface area contributed by atoms with E-state index in [0.29, 0.717) is 25.4 Å². The molecule has 0 saturated carbocycles. The van der Waals surface area contributed by atoms with E-state index in [2.05, 4.69) is 0 Å². The normalized spacial score (nSPS) is 16.9. The number of carboxylic acid groups (broad SMARTS) is 1. The summed E-state index contributed by atoms with van der Waals surface area (Å²) in [5, 5.41) is 10.0. The summed E-state index contributed by atoms with van der Waals surface area (Å²) in [6.07, 6.45) is 2.10. The van der Waals surface area contributed by atoms with Crippen LogP contribution in [-0.4, -0.2) is 54.3 Å². The molecule has 1 aliphatic rings. The number of carbonyl (C=O) groups is 2. The topological polar surface area (TPSA) is 70.1 Å². The molecule has 0 aromatic heterocycles. The average molecular weight is 244 g/mol. The van der Waals surface area contributed by atoms with Crippen molar-refractivity contribution in [3.05, 3.63) is 0 Å². The summed E-state index contributed by atoms with van der Waals surface area (Å²) in [4.78, 5) is 28.4. The molecule has 0 spiro atoms. The Hall–Kier alpha value is -1.30. The second kappa shape index (κ2) is 6.44. The van der Waals surface area contributed by atoms with E-state index in [1.54, 1.807) is 7.05 Å². The van der Waals surface area contributed by atoms with Gasteiger partial charge in [0.1, 0.15) is 0 Å². The van der Waals surface area contributed by atoms with Crippen LogP contribution in [0.15, 0.2) is 0 Å². The van der Waals surface area contributed by atoms with Gasteiger partial charge < -0.3 is 10.0 Å². The number of amides is 2. The third kappa shape index (κ3) is 4.22. The Morgan fingerprint density at radius 3 is 2.47 bits per heavy atom. The van der Waals surface area contributed by atoms with E-state index in [0.717, 1.165) is 19.3 Å². The molecule has 1 aliphatic heterocycles. The van der Waals surface area contributed by atoms with Crippen LogP contribution in [0.25, 0.3) is 0 Å². The lowest BCUT2D eigenvalue weighted by molar-refractivity contribution is -0.169. The molecule has 0 bridgehead atoms. The molecule has 1 heterocycles. The largest absolute Gasteiger partial charge is 0.465 e. The number of carbonyl (C=O) groups excluding carboxylic acids is 1. The van der Waals surface area contributed by atoms with Crippen molar-refractivity contribution < 1.29 is 19.5 Å². The van der Waals surface area contributed by atoms with Crippen molar-refractivity contribution in [1.29, 1.82) is 0 Å². The maximum Gasteiger partial charge on any atom is 0.407 e. The lowest BCUT2D eigenvalue weighted by Gasteiger charge is -2.30. The van der Waals surface area contributed by atoms with Crippen LogP contribution >= 0.6 is 0 Å². The average Bonchev–Trinajstić information content (AvgIpc) is 2.35. The standard InChI is InChI=1S/C11H20N2O4/c1-12(17-2)10(14)4-3-9-5-7-13(8-6-9)11(15)16/h9H,3-8H2,1-2H3,(H,15,16). The molecule has 0 atom stereocenters. The van der Waals surface area contributed by atoms with Gasteiger partial charge in [-0.25, -0.2) is 9.86 Å². The quantitative estimate of drug-likeness (QED) is 0.754. The number of hydrogen-bond acceptors (Lipinski definition) is 3. The van der Waals surface area contributed by atoms with Gasteiger partial charge in [-0.1, -0.05) is 0 Å². The van der Waals surface area contributed by atoms with E-state index in [9.17, 15) is 9.59 Å². The highest BCUT2D eigenvalue weighted by Crippen LogP contribution is 2.22. The second-order valence-electron chi connectivity index (χ2n) is 4.33. The molecule has 0 aromatic carbocycles. The molecule has 0 aliphatic carbocycles. The monoisotopic (exact) mass is 244 g/mol. The van der Waals surface area contributed by atoms with E-state index in [1.165, 1.54) is 17.1 Å². The van der Waals surface area contributed by atoms with Gasteiger partial charge in [-0.2, -0.15) is 0 Å². The summed E-state index contributed by atoms with van der Waals surface area (Å²) >= 11 is 0. The summed E-state index contributed by atoms with van der Waals surface area (Å²) in [6, 6.07) is 0. The fraction of sp³-hybridized carbons (Fsp3) is 0.818. The molecule has 1 saturated heterocycles. The summed E-state index contributed by atoms with van der Waals surface area (Å²) in [5.74, 6) is 0.410. The fourth-order valence-corrected chi connectivity index (χ4v) is 2.00. The van der Waals surface area contributed by atoms with Gasteiger partial charge in [0.15, 0.2) is 0 Å². The first-order valence-corrected chi connectivity index (χ1v) is 5.83. The van der Waals surface area contributed by atoms with Gasteiger partial charge in [0.05, 0.1) is 7.11 Å². The molecule has 0 unspecified atom stereocenters. The first kappa shape index (κ1) is 13.8. The van der Waals surface area contributed by atoms with Crippen molar-refractivity contribution in [2.45, 2.75) is 25.7 Å². The van der Waals surface area contributed by atoms with Gasteiger partial charge in [0.25, 0.3) is 0 Å². The Morgan fingerprint density at radius 1 is 1.41 bits per heavy atom. The van der Waals surface area contributed by atoms with Gasteiger partial charge in [-0.3, -0.25) is 9.63 Å². The summed E-state index contributed by atoms with van der Waals surface area (Å²) in [5.41, 5.74) is 0. The molecular weight excluding hydrogens is 224 g/mol. The maximum absolute atomic E-state index is 11.5. The zero-order chi connectivity index (χ0) is 12.8. The highest BCUT2D eigenvalue weighted by molar-refractivity contribution is 5.74. The highest BCUT2D eigenvalue weighted by Gasteiger charge is 2.23. The van der Waals surface area contributed by atoms with Crippen molar-refractivity contribution in [2.24, 2.45) is 5.92 Å². The predicted molar refractivity (Wildman–Crippen MR) is 61.3 cm³/mol. The summed E-state index contributed by atoms with van der Waals surface area (Å²) < 4.78 is 0. The molecular formula is C11H20N2O4. The number of likely N-dealkylation sites (tertiary alicyclic amines) is 1. The van der Waals surface area contributed by atoms with Gasteiger partial charge in [0.2, 0.25) is 5.91 Å². The number of hydroxylamine groups is 2. The lowest BCUT2D eigenvalue weighted by atomic mass is 9.92. The van der Waals surface area contributed by atoms with Crippen LogP contribution < -0.4 is 0 Å². The van der Waals surface area contributed by atoms with Gasteiger partial charge in [-0.05, 0) is 25.2 Å². The van der Waals surface area contributed by atoms with Gasteiger partial charge in [-0.15, -0.1) is 0 Å². The lowest BCUT2D eigenvalue weighted by Crippen LogP contribution is -2.37. The van der Waals surface area contributed by atoms with Crippen molar-refractivity contribution in [3.8, 4) is 0 Å². The van der Waals surface area contributed by atoms with E-state index in [-0.39, 0.29) is 5.91 Å². The first-order valence-electron chi connectivity index (χ1n) is 5.83. The number of piperidine rings is 1. The Morgan fingerprint density at radius 2 is 2.00 bits per heavy atom. The molecule has 1 fully saturated rings. The minimum absolute atomic E-state index is 0.0341. The van der Waals surface area contributed by atoms with E-state index in [1.807, 2.05) is 0 Å². The number of nitrogens with zero attached hydrogens (tertiary/aromatic N) is 2. The van der Waals surface area contributed by atoms with Gasteiger partial charge in [0, 0.05) is 26.6 Å². The second-order valence-corrected chi connectivity index (χ2v) is 4.33. The minimum atomic E-state index is -0.848. The van der Waals surface area contributed by atoms with Crippen LogP contribution in [0.3, 0.4) is 0 Å². The SMILES string of the molecule is CON(C)C(=O)CCC1CCN(C(=O)O)CC1. The molecule has 6 heteroatoms. The predicted octanol–water partition coefficient (Wildman–Crippen LogP) is 1.18. The molecule has 2 amide bonds. The van der Waals surface area contributed by atoms with Crippen LogP contribution in [-0.2, 0) is 9.63 Å². The zero-order valence-corrected chi connectivity index (χ0v) is 10.4. The van der Waals surface area contributed by atoms with Crippen LogP contribution in [0, 0.1) is 5.92 Å².